The third-order valence-corrected chi connectivity index (χ3v) is 9.24. The van der Waals surface area contributed by atoms with E-state index in [0.717, 1.165) is 23.1 Å². The van der Waals surface area contributed by atoms with Crippen molar-refractivity contribution in [3.63, 3.8) is 0 Å². The highest BCUT2D eigenvalue weighted by molar-refractivity contribution is 6.10. The van der Waals surface area contributed by atoms with E-state index in [9.17, 15) is 39.9 Å². The summed E-state index contributed by atoms with van der Waals surface area (Å²) >= 11 is 0. The van der Waals surface area contributed by atoms with Crippen LogP contribution in [0.3, 0.4) is 0 Å². The summed E-state index contributed by atoms with van der Waals surface area (Å²) in [5.74, 6) is -3.51. The summed E-state index contributed by atoms with van der Waals surface area (Å²) in [7, 11) is 1.60. The number of nitrogens with zero attached hydrogens (tertiary/aromatic N) is 7. The number of alkyl halides is 8. The molecule has 4 aromatic rings. The Morgan fingerprint density at radius 3 is 2.44 bits per heavy atom. The van der Waals surface area contributed by atoms with E-state index in [4.69, 9.17) is 5.26 Å². The van der Waals surface area contributed by atoms with E-state index in [1.54, 1.807) is 18.9 Å². The molecule has 1 N–H and O–H groups in total. The van der Waals surface area contributed by atoms with Gasteiger partial charge in [0.25, 0.3) is 11.8 Å². The molecule has 52 heavy (non-hydrogen) atoms. The summed E-state index contributed by atoms with van der Waals surface area (Å²) in [4.78, 5) is 21.1. The van der Waals surface area contributed by atoms with Crippen molar-refractivity contribution >= 4 is 17.5 Å². The average Bonchev–Trinajstić information content (AvgIpc) is 3.65. The lowest BCUT2D eigenvalue weighted by Gasteiger charge is -2.37. The van der Waals surface area contributed by atoms with Crippen LogP contribution >= 0.6 is 0 Å². The van der Waals surface area contributed by atoms with Crippen molar-refractivity contribution in [1.29, 1.82) is 5.26 Å². The molecule has 1 saturated heterocycles. The number of aryl methyl sites for hydroxylation is 1. The maximum Gasteiger partial charge on any atom is 0.416 e. The van der Waals surface area contributed by atoms with Gasteiger partial charge in [-0.2, -0.15) is 31.6 Å². The fourth-order valence-electron chi connectivity index (χ4n) is 6.62. The molecular weight excluding hydrogens is 700 g/mol. The number of pyridine rings is 1. The van der Waals surface area contributed by atoms with Gasteiger partial charge in [-0.1, -0.05) is 0 Å². The number of carbonyl (C=O) groups is 1. The first-order valence-electron chi connectivity index (χ1n) is 16.3. The molecule has 0 saturated carbocycles. The van der Waals surface area contributed by atoms with Crippen LogP contribution in [-0.4, -0.2) is 55.6 Å². The molecule has 1 amide bonds. The van der Waals surface area contributed by atoms with Crippen LogP contribution in [0, 0.1) is 11.3 Å². The maximum atomic E-state index is 14.5. The fraction of sp³-hybridized carbons (Fsp3) is 0.400. The Balaban J connectivity index is 1.44. The molecule has 17 heteroatoms. The molecule has 4 heterocycles. The zero-order valence-electron chi connectivity index (χ0n) is 27.9. The number of halogens is 8. The molecule has 2 aliphatic rings. The number of anilines is 2. The lowest BCUT2D eigenvalue weighted by molar-refractivity contribution is -0.138. The molecular formula is C35H32F8N8O. The molecule has 9 nitrogen and oxygen atoms in total. The van der Waals surface area contributed by atoms with E-state index >= 15 is 0 Å². The topological polar surface area (TPSA) is 103 Å². The van der Waals surface area contributed by atoms with Gasteiger partial charge in [0.15, 0.2) is 5.82 Å². The number of likely N-dealkylation sites (tertiary alicyclic amines) is 1. The van der Waals surface area contributed by atoms with E-state index in [0.29, 0.717) is 6.42 Å². The minimum atomic E-state index is -4.87. The summed E-state index contributed by atoms with van der Waals surface area (Å²) < 4.78 is 115. The van der Waals surface area contributed by atoms with Crippen LogP contribution < -0.4 is 10.2 Å². The molecule has 6 rings (SSSR count). The Bertz CT molecular complexity index is 2030. The van der Waals surface area contributed by atoms with Crippen LogP contribution in [0.25, 0.3) is 22.5 Å². The Labute approximate surface area is 292 Å². The molecule has 0 spiro atoms. The van der Waals surface area contributed by atoms with Crippen LogP contribution in [0.5, 0.6) is 0 Å². The zero-order chi connectivity index (χ0) is 37.6. The third kappa shape index (κ3) is 7.57. The summed E-state index contributed by atoms with van der Waals surface area (Å²) in [5, 5.41) is 19.9. The summed E-state index contributed by atoms with van der Waals surface area (Å²) in [6.45, 7) is 1.12. The number of unbranched alkanes of at least 4 members (excludes halogenated alkanes) is 1. The lowest BCUT2D eigenvalue weighted by Crippen LogP contribution is -2.44. The Morgan fingerprint density at radius 1 is 1.02 bits per heavy atom. The number of hydrogen-bond acceptors (Lipinski definition) is 7. The molecule has 2 aliphatic heterocycles. The Kier molecular flexibility index (Phi) is 9.73. The number of aromatic nitrogens is 4. The van der Waals surface area contributed by atoms with Gasteiger partial charge in [-0.25, -0.2) is 13.8 Å². The van der Waals surface area contributed by atoms with Gasteiger partial charge in [0.05, 0.1) is 23.7 Å². The van der Waals surface area contributed by atoms with E-state index in [1.165, 1.54) is 35.2 Å². The number of amides is 1. The molecule has 0 radical (unpaired) electrons. The van der Waals surface area contributed by atoms with Gasteiger partial charge >= 0.3 is 12.4 Å². The number of rotatable bonds is 9. The van der Waals surface area contributed by atoms with Crippen LogP contribution in [0.4, 0.5) is 46.8 Å². The average molecular weight is 733 g/mol. The van der Waals surface area contributed by atoms with Crippen molar-refractivity contribution in [3.8, 4) is 28.6 Å². The molecule has 0 bridgehead atoms. The predicted octanol–water partition coefficient (Wildman–Crippen LogP) is 8.08. The van der Waals surface area contributed by atoms with Crippen molar-refractivity contribution in [2.24, 2.45) is 7.05 Å². The first-order valence-corrected chi connectivity index (χ1v) is 16.3. The Morgan fingerprint density at radius 2 is 1.79 bits per heavy atom. The highest BCUT2D eigenvalue weighted by Crippen LogP contribution is 2.43. The number of nitrogens with one attached hydrogen (secondary N) is 1. The molecule has 2 aromatic carbocycles. The summed E-state index contributed by atoms with van der Waals surface area (Å²) in [5.41, 5.74) is -2.02. The van der Waals surface area contributed by atoms with Gasteiger partial charge < -0.3 is 9.88 Å². The second kappa shape index (κ2) is 13.8. The van der Waals surface area contributed by atoms with Crippen LogP contribution in [0.15, 0.2) is 48.8 Å². The van der Waals surface area contributed by atoms with Gasteiger partial charge in [-0.05, 0) is 78.1 Å². The number of fused-ring (bicyclic) bond motifs is 1. The first-order chi connectivity index (χ1) is 24.4. The first kappa shape index (κ1) is 36.7. The van der Waals surface area contributed by atoms with Crippen molar-refractivity contribution in [2.75, 3.05) is 23.3 Å². The summed E-state index contributed by atoms with van der Waals surface area (Å²) in [6.07, 6.45) is -8.56. The molecule has 1 atom stereocenters. The molecule has 0 unspecified atom stereocenters. The smallest absolute Gasteiger partial charge is 0.370 e. The molecule has 2 aromatic heterocycles. The standard InChI is InChI=1S/C35H32F8N8O/c1-20-16-33(36,37)7-10-50(20)17-21-11-26-27(28(12-21)35(41,42)43)18-51(32(26)52)30-14-22(13-29(47-30)45-9-4-3-8-44)25-15-23(34(38,39)40)5-6-24(25)31-48-46-19-49(31)2/h5-6,11-15,19-20H,3-4,7,9-10,16-18H2,1-2H3,(H,45,47)/t20-/m1/s1. The van der Waals surface area contributed by atoms with Gasteiger partial charge in [-0.15, -0.1) is 10.2 Å². The SMILES string of the molecule is C[C@@H]1CC(F)(F)CCN1Cc1cc2c(c(C(F)(F)F)c1)CN(c1cc(-c3cc(C(F)(F)F)ccc3-c3nncn3C)cc(NCCCC#N)n1)C2=O. The van der Waals surface area contributed by atoms with Crippen molar-refractivity contribution in [1.82, 2.24) is 24.6 Å². The largest absolute Gasteiger partial charge is 0.416 e. The van der Waals surface area contributed by atoms with E-state index < -0.39 is 60.7 Å². The zero-order valence-corrected chi connectivity index (χ0v) is 27.9. The number of benzene rings is 2. The highest BCUT2D eigenvalue weighted by atomic mass is 19.4. The van der Waals surface area contributed by atoms with E-state index in [1.807, 2.05) is 6.07 Å². The minimum Gasteiger partial charge on any atom is -0.370 e. The molecule has 1 fully saturated rings. The van der Waals surface area contributed by atoms with Gasteiger partial charge in [0.1, 0.15) is 18.0 Å². The van der Waals surface area contributed by atoms with Crippen LogP contribution in [0.2, 0.25) is 0 Å². The van der Waals surface area contributed by atoms with Crippen molar-refractivity contribution in [3.05, 3.63) is 76.6 Å². The van der Waals surface area contributed by atoms with Crippen molar-refractivity contribution in [2.45, 2.75) is 70.0 Å². The highest BCUT2D eigenvalue weighted by Gasteiger charge is 2.42. The lowest BCUT2D eigenvalue weighted by atomic mass is 9.96. The third-order valence-electron chi connectivity index (χ3n) is 9.24. The predicted molar refractivity (Wildman–Crippen MR) is 174 cm³/mol. The van der Waals surface area contributed by atoms with Crippen LogP contribution in [-0.2, 0) is 32.5 Å². The normalized spacial score (nSPS) is 17.7. The van der Waals surface area contributed by atoms with Gasteiger partial charge in [0.2, 0.25) is 0 Å². The number of piperidine rings is 1. The second-order valence-corrected chi connectivity index (χ2v) is 13.0. The second-order valence-electron chi connectivity index (χ2n) is 13.0. The van der Waals surface area contributed by atoms with Gasteiger partial charge in [0, 0.05) is 63.1 Å². The molecule has 0 aliphatic carbocycles. The fourth-order valence-corrected chi connectivity index (χ4v) is 6.62. The number of hydrogen-bond donors (Lipinski definition) is 1. The quantitative estimate of drug-likeness (QED) is 0.137. The minimum absolute atomic E-state index is 0.0401. The Hall–Kier alpha value is -5.11. The molecule has 274 valence electrons. The van der Waals surface area contributed by atoms with Crippen LogP contribution in [0.1, 0.15) is 65.2 Å². The van der Waals surface area contributed by atoms with E-state index in [-0.39, 0.29) is 76.9 Å². The number of nitriles is 1. The van der Waals surface area contributed by atoms with E-state index in [2.05, 4.69) is 20.5 Å². The number of carbonyl (C=O) groups excluding carboxylic acids is 1. The monoisotopic (exact) mass is 732 g/mol. The summed E-state index contributed by atoms with van der Waals surface area (Å²) in [6, 6.07) is 9.45. The van der Waals surface area contributed by atoms with Gasteiger partial charge in [-0.3, -0.25) is 14.6 Å². The van der Waals surface area contributed by atoms with Crippen molar-refractivity contribution < 1.29 is 39.9 Å². The maximum absolute atomic E-state index is 14.5.